The van der Waals surface area contributed by atoms with Gasteiger partial charge in [0.1, 0.15) is 5.75 Å². The second-order valence-electron chi connectivity index (χ2n) is 5.98. The van der Waals surface area contributed by atoms with Gasteiger partial charge in [0.25, 0.3) is 0 Å². The van der Waals surface area contributed by atoms with E-state index in [4.69, 9.17) is 4.74 Å². The van der Waals surface area contributed by atoms with Crippen LogP contribution >= 0.6 is 0 Å². The zero-order valence-electron chi connectivity index (χ0n) is 14.4. The van der Waals surface area contributed by atoms with Crippen molar-refractivity contribution in [1.29, 1.82) is 0 Å². The first-order valence-corrected chi connectivity index (χ1v) is 8.65. The third kappa shape index (κ3) is 6.99. The van der Waals surface area contributed by atoms with Crippen LogP contribution in [0, 0.1) is 6.92 Å². The standard InChI is InChI=1S/C19H33NO/c1-5-7-8-9-10-14-21-19-12-11-16(3)15-18(19)17(4)20-13-6-2/h11-12,15,17,20H,5-10,13-14H2,1-4H3. The van der Waals surface area contributed by atoms with E-state index in [1.165, 1.54) is 36.8 Å². The van der Waals surface area contributed by atoms with Crippen LogP contribution < -0.4 is 10.1 Å². The van der Waals surface area contributed by atoms with Crippen LogP contribution in [-0.4, -0.2) is 13.2 Å². The Morgan fingerprint density at radius 1 is 1.05 bits per heavy atom. The summed E-state index contributed by atoms with van der Waals surface area (Å²) >= 11 is 0. The minimum atomic E-state index is 0.347. The van der Waals surface area contributed by atoms with E-state index in [-0.39, 0.29) is 0 Å². The molecule has 0 fully saturated rings. The molecule has 21 heavy (non-hydrogen) atoms. The van der Waals surface area contributed by atoms with Gasteiger partial charge in [0.15, 0.2) is 0 Å². The average Bonchev–Trinajstić information content (AvgIpc) is 2.49. The fourth-order valence-corrected chi connectivity index (χ4v) is 2.50. The summed E-state index contributed by atoms with van der Waals surface area (Å²) in [6.07, 6.45) is 7.55. The zero-order valence-corrected chi connectivity index (χ0v) is 14.4. The van der Waals surface area contributed by atoms with Crippen molar-refractivity contribution >= 4 is 0 Å². The van der Waals surface area contributed by atoms with E-state index in [0.29, 0.717) is 6.04 Å². The largest absolute Gasteiger partial charge is 0.493 e. The topological polar surface area (TPSA) is 21.3 Å². The minimum absolute atomic E-state index is 0.347. The summed E-state index contributed by atoms with van der Waals surface area (Å²) in [5, 5.41) is 3.55. The summed E-state index contributed by atoms with van der Waals surface area (Å²) < 4.78 is 6.03. The van der Waals surface area contributed by atoms with E-state index in [0.717, 1.165) is 31.7 Å². The van der Waals surface area contributed by atoms with Crippen molar-refractivity contribution < 1.29 is 4.74 Å². The normalized spacial score (nSPS) is 12.4. The molecule has 0 spiro atoms. The maximum Gasteiger partial charge on any atom is 0.124 e. The SMILES string of the molecule is CCCCCCCOc1ccc(C)cc1C(C)NCCC. The number of aryl methyl sites for hydroxylation is 1. The summed E-state index contributed by atoms with van der Waals surface area (Å²) in [5.41, 5.74) is 2.59. The number of rotatable bonds is 11. The lowest BCUT2D eigenvalue weighted by Gasteiger charge is -2.19. The molecular weight excluding hydrogens is 258 g/mol. The highest BCUT2D eigenvalue weighted by molar-refractivity contribution is 5.38. The first kappa shape index (κ1) is 18.0. The molecule has 120 valence electrons. The fourth-order valence-electron chi connectivity index (χ4n) is 2.50. The van der Waals surface area contributed by atoms with Crippen molar-refractivity contribution in [3.63, 3.8) is 0 Å². The van der Waals surface area contributed by atoms with Crippen molar-refractivity contribution in [1.82, 2.24) is 5.32 Å². The third-order valence-corrected chi connectivity index (χ3v) is 3.84. The smallest absolute Gasteiger partial charge is 0.124 e. The number of unbranched alkanes of at least 4 members (excludes halogenated alkanes) is 4. The molecule has 0 radical (unpaired) electrons. The van der Waals surface area contributed by atoms with Crippen LogP contribution in [0.1, 0.15) is 76.5 Å². The molecule has 0 saturated carbocycles. The molecule has 0 heterocycles. The fraction of sp³-hybridized carbons (Fsp3) is 0.684. The Bertz CT molecular complexity index is 389. The molecule has 0 aliphatic heterocycles. The lowest BCUT2D eigenvalue weighted by Crippen LogP contribution is -2.20. The molecule has 0 aromatic heterocycles. The van der Waals surface area contributed by atoms with Crippen LogP contribution in [0.15, 0.2) is 18.2 Å². The highest BCUT2D eigenvalue weighted by atomic mass is 16.5. The number of hydrogen-bond donors (Lipinski definition) is 1. The average molecular weight is 291 g/mol. The van der Waals surface area contributed by atoms with Crippen LogP contribution in [0.3, 0.4) is 0 Å². The van der Waals surface area contributed by atoms with Crippen LogP contribution in [0.2, 0.25) is 0 Å². The monoisotopic (exact) mass is 291 g/mol. The number of hydrogen-bond acceptors (Lipinski definition) is 2. The van der Waals surface area contributed by atoms with Crippen molar-refractivity contribution in [3.05, 3.63) is 29.3 Å². The summed E-state index contributed by atoms with van der Waals surface area (Å²) in [5.74, 6) is 1.05. The molecule has 0 aliphatic carbocycles. The molecular formula is C19H33NO. The molecule has 0 saturated heterocycles. The van der Waals surface area contributed by atoms with Gasteiger partial charge in [0.2, 0.25) is 0 Å². The number of ether oxygens (including phenoxy) is 1. The maximum absolute atomic E-state index is 6.03. The van der Waals surface area contributed by atoms with Gasteiger partial charge in [-0.2, -0.15) is 0 Å². The molecule has 1 unspecified atom stereocenters. The molecule has 1 N–H and O–H groups in total. The van der Waals surface area contributed by atoms with Crippen LogP contribution in [-0.2, 0) is 0 Å². The second kappa shape index (κ2) is 10.7. The van der Waals surface area contributed by atoms with Gasteiger partial charge in [0.05, 0.1) is 6.61 Å². The minimum Gasteiger partial charge on any atom is -0.493 e. The molecule has 0 bridgehead atoms. The Labute approximate surface area is 131 Å². The van der Waals surface area contributed by atoms with E-state index in [1.54, 1.807) is 0 Å². The second-order valence-corrected chi connectivity index (χ2v) is 5.98. The first-order chi connectivity index (χ1) is 10.2. The quantitative estimate of drug-likeness (QED) is 0.551. The predicted molar refractivity (Wildman–Crippen MR) is 92.1 cm³/mol. The zero-order chi connectivity index (χ0) is 15.5. The Kier molecular flexibility index (Phi) is 9.16. The number of nitrogens with one attached hydrogen (secondary N) is 1. The molecule has 1 atom stereocenters. The van der Waals surface area contributed by atoms with E-state index >= 15 is 0 Å². The highest BCUT2D eigenvalue weighted by Crippen LogP contribution is 2.26. The van der Waals surface area contributed by atoms with Crippen molar-refractivity contribution in [2.45, 2.75) is 72.3 Å². The van der Waals surface area contributed by atoms with Crippen molar-refractivity contribution in [3.8, 4) is 5.75 Å². The lowest BCUT2D eigenvalue weighted by molar-refractivity contribution is 0.298. The Hall–Kier alpha value is -1.02. The predicted octanol–water partition coefficient (Wildman–Crippen LogP) is 5.40. The highest BCUT2D eigenvalue weighted by Gasteiger charge is 2.11. The lowest BCUT2D eigenvalue weighted by atomic mass is 10.0. The maximum atomic E-state index is 6.03. The van der Waals surface area contributed by atoms with Crippen molar-refractivity contribution in [2.75, 3.05) is 13.2 Å². The molecule has 1 aromatic rings. The molecule has 2 heteroatoms. The molecule has 1 aromatic carbocycles. The summed E-state index contributed by atoms with van der Waals surface area (Å²) in [7, 11) is 0. The van der Waals surface area contributed by atoms with E-state index in [9.17, 15) is 0 Å². The molecule has 0 aliphatic rings. The van der Waals surface area contributed by atoms with Gasteiger partial charge in [-0.25, -0.2) is 0 Å². The third-order valence-electron chi connectivity index (χ3n) is 3.84. The Morgan fingerprint density at radius 2 is 1.81 bits per heavy atom. The molecule has 2 nitrogen and oxygen atoms in total. The molecule has 0 amide bonds. The van der Waals surface area contributed by atoms with Gasteiger partial charge in [-0.15, -0.1) is 0 Å². The van der Waals surface area contributed by atoms with Crippen LogP contribution in [0.4, 0.5) is 0 Å². The van der Waals surface area contributed by atoms with Crippen LogP contribution in [0.5, 0.6) is 5.75 Å². The van der Waals surface area contributed by atoms with Gasteiger partial charge < -0.3 is 10.1 Å². The van der Waals surface area contributed by atoms with E-state index in [2.05, 4.69) is 51.2 Å². The summed E-state index contributed by atoms with van der Waals surface area (Å²) in [6, 6.07) is 6.86. The van der Waals surface area contributed by atoms with Gasteiger partial charge >= 0.3 is 0 Å². The summed E-state index contributed by atoms with van der Waals surface area (Å²) in [4.78, 5) is 0. The van der Waals surface area contributed by atoms with E-state index in [1.807, 2.05) is 0 Å². The number of benzene rings is 1. The van der Waals surface area contributed by atoms with Crippen molar-refractivity contribution in [2.24, 2.45) is 0 Å². The molecule has 1 rings (SSSR count). The Morgan fingerprint density at radius 3 is 2.52 bits per heavy atom. The summed E-state index contributed by atoms with van der Waals surface area (Å²) in [6.45, 7) is 10.7. The van der Waals surface area contributed by atoms with Crippen LogP contribution in [0.25, 0.3) is 0 Å². The van der Waals surface area contributed by atoms with Gasteiger partial charge in [-0.3, -0.25) is 0 Å². The van der Waals surface area contributed by atoms with Gasteiger partial charge in [-0.1, -0.05) is 57.2 Å². The van der Waals surface area contributed by atoms with Gasteiger partial charge in [-0.05, 0) is 39.3 Å². The first-order valence-electron chi connectivity index (χ1n) is 8.65. The Balaban J connectivity index is 2.52. The van der Waals surface area contributed by atoms with Gasteiger partial charge in [0, 0.05) is 11.6 Å². The van der Waals surface area contributed by atoms with E-state index < -0.39 is 0 Å².